The summed E-state index contributed by atoms with van der Waals surface area (Å²) in [6.07, 6.45) is 0. The predicted molar refractivity (Wildman–Crippen MR) is 569 cm³/mol. The van der Waals surface area contributed by atoms with Crippen molar-refractivity contribution in [3.8, 4) is 135 Å². The Hall–Kier alpha value is -18.9. The van der Waals surface area contributed by atoms with Crippen molar-refractivity contribution in [2.45, 2.75) is 0 Å². The van der Waals surface area contributed by atoms with E-state index in [0.717, 1.165) is 243 Å². The lowest BCUT2D eigenvalue weighted by Gasteiger charge is -2.12. The maximum absolute atomic E-state index is 6.49. The molecule has 139 heavy (non-hydrogen) atoms. The van der Waals surface area contributed by atoms with Gasteiger partial charge in [-0.1, -0.05) is 352 Å². The molecule has 0 aliphatic heterocycles. The van der Waals surface area contributed by atoms with Gasteiger partial charge in [-0.3, -0.25) is 0 Å². The first-order chi connectivity index (χ1) is 68.8. The number of nitrogens with zero attached hydrogens (tertiary/aromatic N) is 9. The van der Waals surface area contributed by atoms with E-state index in [2.05, 4.69) is 279 Å². The summed E-state index contributed by atoms with van der Waals surface area (Å²) < 4.78 is 19.3. The number of oxazole rings is 3. The minimum absolute atomic E-state index is 0.627. The first-order valence-electron chi connectivity index (χ1n) is 46.5. The van der Waals surface area contributed by atoms with Crippen LogP contribution in [0.25, 0.3) is 277 Å². The highest BCUT2D eigenvalue weighted by molar-refractivity contribution is 6.22. The van der Waals surface area contributed by atoms with Gasteiger partial charge in [-0.2, -0.15) is 0 Å². The Bertz CT molecular complexity index is 9690. The van der Waals surface area contributed by atoms with Crippen LogP contribution in [0.1, 0.15) is 0 Å². The summed E-state index contributed by atoms with van der Waals surface area (Å²) in [6.45, 7) is 0. The summed E-state index contributed by atoms with van der Waals surface area (Å²) in [5.41, 5.74) is 29.5. The van der Waals surface area contributed by atoms with Gasteiger partial charge in [0.1, 0.15) is 16.6 Å². The van der Waals surface area contributed by atoms with Crippen molar-refractivity contribution in [3.05, 3.63) is 467 Å². The maximum atomic E-state index is 6.49. The zero-order valence-electron chi connectivity index (χ0n) is 74.7. The summed E-state index contributed by atoms with van der Waals surface area (Å²) >= 11 is 0. The first kappa shape index (κ1) is 80.9. The molecule has 0 radical (unpaired) electrons. The fraction of sp³-hybridized carbons (Fsp3) is 0. The Morgan fingerprint density at radius 1 is 0.129 bits per heavy atom. The van der Waals surface area contributed by atoms with E-state index in [1.807, 2.05) is 188 Å². The molecule has 0 saturated carbocycles. The fourth-order valence-electron chi connectivity index (χ4n) is 19.5. The molecule has 0 N–H and O–H groups in total. The Balaban J connectivity index is 0.000000108. The molecular weight excluding hydrogens is 1700 g/mol. The smallest absolute Gasteiger partial charge is 0.227 e. The normalized spacial score (nSPS) is 11.6. The van der Waals surface area contributed by atoms with Crippen LogP contribution >= 0.6 is 0 Å². The van der Waals surface area contributed by atoms with Crippen molar-refractivity contribution < 1.29 is 13.3 Å². The standard InChI is InChI=1S/C45H27N3O.2C41H25N3O/c1-3-10-31(11-4-1)42-37-23-21-35(27-40(37)46-44(48-42)36-20-15-28-9-7-8-14-33(28)25-36)34-19-17-29-16-18-30-22-24-39-43(41(30)38(29)26-34)49-45(47-39)32-12-5-2-6-13-32;1-4-10-28(11-5-1)38-39(29-12-6-2-7-13-29)43-36-25-32(21-22-34(36)42-38)31-19-17-26-16-18-27-20-23-35-40(37(27)33(26)24-31)45-41(44-35)30-14-8-3-9-15-30;1-4-10-27(11-5-1)38-39(28-12-6-2-7-13-28)43-36-25-31(20-22-34(36)42-38)30-18-21-33-32(24-30)17-16-26-19-23-35-40(37(26)33)45-41(44-35)29-14-8-3-9-15-29/h1-27H;2*1-25H. The van der Waals surface area contributed by atoms with Crippen molar-refractivity contribution in [2.24, 2.45) is 0 Å². The van der Waals surface area contributed by atoms with E-state index >= 15 is 0 Å². The third-order valence-electron chi connectivity index (χ3n) is 26.4. The van der Waals surface area contributed by atoms with Gasteiger partial charge in [-0.05, 0) is 208 Å². The zero-order valence-corrected chi connectivity index (χ0v) is 74.7. The SMILES string of the molecule is c1ccc(-c2nc3ccc4ccc5cc(-c6ccc7nc(-c8ccccc8)c(-c8ccccc8)nc7c6)ccc5c4c3o2)cc1.c1ccc(-c2nc3ccc4ccc5ccc(-c6ccc7c(-c8ccccc8)nc(-c8ccc9ccccc9c8)nc7c6)cc5c4c3o2)cc1.c1ccc(-c2nc3ccc4ccc5ccc(-c6ccc7nc(-c8ccccc8)c(-c8ccccc8)nc7c6)cc5c4c3o2)cc1. The molecule has 6 aromatic heterocycles. The summed E-state index contributed by atoms with van der Waals surface area (Å²) in [5.74, 6) is 2.60. The van der Waals surface area contributed by atoms with Crippen molar-refractivity contribution in [1.82, 2.24) is 44.9 Å². The van der Waals surface area contributed by atoms with Crippen molar-refractivity contribution in [1.29, 1.82) is 0 Å². The van der Waals surface area contributed by atoms with Crippen LogP contribution in [0.4, 0.5) is 0 Å². The summed E-state index contributed by atoms with van der Waals surface area (Å²) in [4.78, 5) is 45.5. The topological polar surface area (TPSA) is 155 Å². The molecule has 0 bridgehead atoms. The minimum Gasteiger partial charge on any atom is -0.435 e. The largest absolute Gasteiger partial charge is 0.435 e. The van der Waals surface area contributed by atoms with E-state index < -0.39 is 0 Å². The maximum Gasteiger partial charge on any atom is 0.227 e. The average Bonchev–Trinajstić information content (AvgIpc) is 1.62. The molecule has 0 amide bonds. The summed E-state index contributed by atoms with van der Waals surface area (Å²) in [5, 5.41) is 16.8. The van der Waals surface area contributed by atoms with Crippen LogP contribution in [0.15, 0.2) is 480 Å². The van der Waals surface area contributed by atoms with Crippen molar-refractivity contribution >= 4 is 142 Å². The molecular formula is C127H77N9O3. The summed E-state index contributed by atoms with van der Waals surface area (Å²) in [6, 6.07) is 161. The minimum atomic E-state index is 0.627. The molecule has 22 aromatic carbocycles. The van der Waals surface area contributed by atoms with Gasteiger partial charge in [-0.15, -0.1) is 0 Å². The number of fused-ring (bicyclic) bond motifs is 19. The average molecular weight is 1780 g/mol. The van der Waals surface area contributed by atoms with Crippen LogP contribution in [0.3, 0.4) is 0 Å². The van der Waals surface area contributed by atoms with E-state index in [1.165, 1.54) is 10.8 Å². The molecule has 28 aromatic rings. The lowest BCUT2D eigenvalue weighted by molar-refractivity contribution is 0.623. The van der Waals surface area contributed by atoms with Crippen LogP contribution in [0.2, 0.25) is 0 Å². The number of benzene rings is 22. The number of aromatic nitrogens is 9. The fourth-order valence-corrected chi connectivity index (χ4v) is 19.5. The van der Waals surface area contributed by atoms with E-state index in [-0.39, 0.29) is 0 Å². The van der Waals surface area contributed by atoms with Crippen molar-refractivity contribution in [2.75, 3.05) is 0 Å². The lowest BCUT2D eigenvalue weighted by atomic mass is 9.95. The Kier molecular flexibility index (Phi) is 20.0. The molecule has 0 aliphatic rings. The second kappa shape index (κ2) is 34.3. The Morgan fingerprint density at radius 3 is 0.820 bits per heavy atom. The molecule has 0 fully saturated rings. The van der Waals surface area contributed by atoms with Gasteiger partial charge in [0, 0.05) is 71.6 Å². The highest BCUT2D eigenvalue weighted by Gasteiger charge is 2.24. The molecule has 12 heteroatoms. The van der Waals surface area contributed by atoms with Crippen molar-refractivity contribution in [3.63, 3.8) is 0 Å². The van der Waals surface area contributed by atoms with Gasteiger partial charge in [0.2, 0.25) is 17.7 Å². The van der Waals surface area contributed by atoms with Crippen LogP contribution < -0.4 is 0 Å². The Labute approximate surface area is 796 Å². The van der Waals surface area contributed by atoms with Crippen LogP contribution in [-0.2, 0) is 0 Å². The predicted octanol–water partition coefficient (Wildman–Crippen LogP) is 33.4. The number of rotatable bonds is 12. The quantitative estimate of drug-likeness (QED) is 0.107. The van der Waals surface area contributed by atoms with Gasteiger partial charge in [0.25, 0.3) is 0 Å². The summed E-state index contributed by atoms with van der Waals surface area (Å²) in [7, 11) is 0. The van der Waals surface area contributed by atoms with Crippen LogP contribution in [0, 0.1) is 0 Å². The molecule has 0 saturated heterocycles. The van der Waals surface area contributed by atoms with Gasteiger partial charge in [0.15, 0.2) is 22.6 Å². The monoisotopic (exact) mass is 1780 g/mol. The van der Waals surface area contributed by atoms with E-state index in [9.17, 15) is 0 Å². The lowest BCUT2D eigenvalue weighted by Crippen LogP contribution is -1.96. The van der Waals surface area contributed by atoms with Crippen LogP contribution in [0.5, 0.6) is 0 Å². The van der Waals surface area contributed by atoms with E-state index in [4.69, 9.17) is 58.1 Å². The molecule has 0 spiro atoms. The molecule has 12 nitrogen and oxygen atoms in total. The molecule has 0 aliphatic carbocycles. The van der Waals surface area contributed by atoms with E-state index in [1.54, 1.807) is 0 Å². The highest BCUT2D eigenvalue weighted by Crippen LogP contribution is 2.45. The molecule has 0 atom stereocenters. The second-order valence-electron chi connectivity index (χ2n) is 35.0. The third kappa shape index (κ3) is 15.1. The number of hydrogen-bond donors (Lipinski definition) is 0. The van der Waals surface area contributed by atoms with Gasteiger partial charge in [0.05, 0.1) is 56.1 Å². The van der Waals surface area contributed by atoms with E-state index in [0.29, 0.717) is 23.5 Å². The molecule has 648 valence electrons. The zero-order chi connectivity index (χ0) is 91.8. The molecule has 28 rings (SSSR count). The van der Waals surface area contributed by atoms with Gasteiger partial charge in [-0.25, -0.2) is 44.9 Å². The van der Waals surface area contributed by atoms with Gasteiger partial charge >= 0.3 is 0 Å². The van der Waals surface area contributed by atoms with Gasteiger partial charge < -0.3 is 13.3 Å². The third-order valence-corrected chi connectivity index (χ3v) is 26.4. The first-order valence-corrected chi connectivity index (χ1v) is 46.5. The molecule has 0 unspecified atom stereocenters. The number of hydrogen-bond acceptors (Lipinski definition) is 12. The Morgan fingerprint density at radius 2 is 0.403 bits per heavy atom. The van der Waals surface area contributed by atoms with Crippen LogP contribution in [-0.4, -0.2) is 44.9 Å². The molecule has 6 heterocycles. The second-order valence-corrected chi connectivity index (χ2v) is 35.0. The highest BCUT2D eigenvalue weighted by atomic mass is 16.4.